The number of hydrogen-bond acceptors (Lipinski definition) is 2. The Morgan fingerprint density at radius 3 is 2.88 bits per heavy atom. The zero-order valence-electron chi connectivity index (χ0n) is 8.14. The molecule has 0 saturated heterocycles. The molecule has 1 heterocycles. The van der Waals surface area contributed by atoms with Crippen LogP contribution in [0.3, 0.4) is 0 Å². The van der Waals surface area contributed by atoms with Gasteiger partial charge >= 0.3 is 101 Å². The molecule has 1 aromatic carbocycles. The van der Waals surface area contributed by atoms with E-state index in [0.717, 1.165) is 9.74 Å². The SMILES string of the molecule is C#Cc1cc2cccc([As])c2nc1C(=O)O. The summed E-state index contributed by atoms with van der Waals surface area (Å²) in [5.41, 5.74) is 0.880. The van der Waals surface area contributed by atoms with E-state index < -0.39 is 5.97 Å². The van der Waals surface area contributed by atoms with Crippen molar-refractivity contribution in [2.24, 2.45) is 0 Å². The van der Waals surface area contributed by atoms with Crippen molar-refractivity contribution in [3.05, 3.63) is 35.5 Å². The summed E-state index contributed by atoms with van der Waals surface area (Å²) in [5, 5.41) is 9.83. The van der Waals surface area contributed by atoms with Crippen molar-refractivity contribution in [3.63, 3.8) is 0 Å². The Labute approximate surface area is 101 Å². The molecule has 2 rings (SSSR count). The monoisotopic (exact) mass is 271 g/mol. The van der Waals surface area contributed by atoms with Crippen LogP contribution in [-0.4, -0.2) is 32.9 Å². The van der Waals surface area contributed by atoms with Crippen LogP contribution in [0.5, 0.6) is 0 Å². The molecule has 0 amide bonds. The number of para-hydroxylation sites is 1. The van der Waals surface area contributed by atoms with Gasteiger partial charge in [-0.25, -0.2) is 0 Å². The minimum absolute atomic E-state index is 0.0755. The van der Waals surface area contributed by atoms with Gasteiger partial charge in [0.1, 0.15) is 0 Å². The fourth-order valence-electron chi connectivity index (χ4n) is 1.46. The Hall–Kier alpha value is -1.78. The molecular weight excluding hydrogens is 265 g/mol. The van der Waals surface area contributed by atoms with Crippen LogP contribution < -0.4 is 4.35 Å². The van der Waals surface area contributed by atoms with E-state index in [9.17, 15) is 4.79 Å². The Morgan fingerprint density at radius 2 is 2.25 bits per heavy atom. The predicted molar refractivity (Wildman–Crippen MR) is 62.0 cm³/mol. The Balaban J connectivity index is 2.88. The molecule has 0 bridgehead atoms. The quantitative estimate of drug-likeness (QED) is 0.614. The van der Waals surface area contributed by atoms with Crippen molar-refractivity contribution in [2.45, 2.75) is 0 Å². The Morgan fingerprint density at radius 1 is 1.50 bits per heavy atom. The van der Waals surface area contributed by atoms with Gasteiger partial charge in [0.25, 0.3) is 0 Å². The number of rotatable bonds is 1. The first-order valence-corrected chi connectivity index (χ1v) is 5.40. The fraction of sp³-hybridized carbons (Fsp3) is 0. The van der Waals surface area contributed by atoms with E-state index in [-0.39, 0.29) is 5.69 Å². The third kappa shape index (κ3) is 1.68. The normalized spacial score (nSPS) is 10.0. The number of carbonyl (C=O) groups is 1. The van der Waals surface area contributed by atoms with Crippen molar-refractivity contribution in [3.8, 4) is 12.3 Å². The number of pyridine rings is 1. The molecule has 0 aliphatic rings. The van der Waals surface area contributed by atoms with Gasteiger partial charge in [-0.3, -0.25) is 0 Å². The molecule has 3 nitrogen and oxygen atoms in total. The first-order valence-electron chi connectivity index (χ1n) is 4.46. The molecule has 0 atom stereocenters. The van der Waals surface area contributed by atoms with Crippen molar-refractivity contribution < 1.29 is 9.90 Å². The first-order chi connectivity index (χ1) is 7.63. The number of fused-ring (bicyclic) bond motifs is 1. The molecular formula is C12H6AsNO2. The van der Waals surface area contributed by atoms with Gasteiger partial charge in [0.2, 0.25) is 0 Å². The van der Waals surface area contributed by atoms with Crippen LogP contribution in [-0.2, 0) is 0 Å². The number of aromatic nitrogens is 1. The maximum absolute atomic E-state index is 11.0. The van der Waals surface area contributed by atoms with E-state index in [1.54, 1.807) is 6.07 Å². The molecule has 16 heavy (non-hydrogen) atoms. The molecule has 0 saturated carbocycles. The Kier molecular flexibility index (Phi) is 2.68. The van der Waals surface area contributed by atoms with Crippen molar-refractivity contribution in [1.82, 2.24) is 4.98 Å². The van der Waals surface area contributed by atoms with Gasteiger partial charge in [-0.1, -0.05) is 0 Å². The van der Waals surface area contributed by atoms with E-state index >= 15 is 0 Å². The second-order valence-corrected chi connectivity index (χ2v) is 4.19. The number of aromatic carboxylic acids is 1. The van der Waals surface area contributed by atoms with Crippen molar-refractivity contribution in [1.29, 1.82) is 0 Å². The zero-order chi connectivity index (χ0) is 11.7. The number of carboxylic acid groups (broad SMARTS) is 1. The fourth-order valence-corrected chi connectivity index (χ4v) is 2.01. The molecule has 2 radical (unpaired) electrons. The summed E-state index contributed by atoms with van der Waals surface area (Å²) in [6, 6.07) is 7.25. The van der Waals surface area contributed by atoms with Gasteiger partial charge in [-0.15, -0.1) is 0 Å². The summed E-state index contributed by atoms with van der Waals surface area (Å²) in [6.45, 7) is 0. The summed E-state index contributed by atoms with van der Waals surface area (Å²) < 4.78 is 0.871. The summed E-state index contributed by atoms with van der Waals surface area (Å²) in [5.74, 6) is 1.23. The van der Waals surface area contributed by atoms with Crippen LogP contribution in [0.4, 0.5) is 0 Å². The Bertz CT molecular complexity index is 629. The van der Waals surface area contributed by atoms with Gasteiger partial charge in [0, 0.05) is 0 Å². The molecule has 0 spiro atoms. The average Bonchev–Trinajstić information content (AvgIpc) is 2.27. The summed E-state index contributed by atoms with van der Waals surface area (Å²) in [7, 11) is 0. The molecule has 0 aliphatic carbocycles. The molecule has 4 heteroatoms. The molecule has 0 fully saturated rings. The molecule has 1 aromatic heterocycles. The molecule has 2 aromatic rings. The number of benzene rings is 1. The zero-order valence-corrected chi connectivity index (χ0v) is 10.0. The maximum atomic E-state index is 11.0. The summed E-state index contributed by atoms with van der Waals surface area (Å²) in [6.07, 6.45) is 5.26. The number of hydrogen-bond donors (Lipinski definition) is 1. The van der Waals surface area contributed by atoms with E-state index in [4.69, 9.17) is 11.5 Å². The van der Waals surface area contributed by atoms with E-state index in [1.165, 1.54) is 0 Å². The van der Waals surface area contributed by atoms with Crippen LogP contribution >= 0.6 is 0 Å². The van der Waals surface area contributed by atoms with Crippen LogP contribution in [0.15, 0.2) is 24.3 Å². The molecule has 0 aliphatic heterocycles. The second kappa shape index (κ2) is 4.00. The summed E-state index contributed by atoms with van der Waals surface area (Å²) >= 11 is 2.36. The first kappa shape index (κ1) is 10.7. The van der Waals surface area contributed by atoms with Crippen molar-refractivity contribution in [2.75, 3.05) is 0 Å². The van der Waals surface area contributed by atoms with E-state index in [1.807, 2.05) is 18.2 Å². The minimum atomic E-state index is -1.11. The molecule has 0 unspecified atom stereocenters. The van der Waals surface area contributed by atoms with Crippen LogP contribution in [0.1, 0.15) is 16.1 Å². The third-order valence-electron chi connectivity index (χ3n) is 2.18. The van der Waals surface area contributed by atoms with Crippen LogP contribution in [0.25, 0.3) is 10.9 Å². The second-order valence-electron chi connectivity index (χ2n) is 3.18. The topological polar surface area (TPSA) is 50.2 Å². The van der Waals surface area contributed by atoms with Crippen molar-refractivity contribution >= 4 is 38.1 Å². The van der Waals surface area contributed by atoms with E-state index in [0.29, 0.717) is 11.1 Å². The number of nitrogens with zero attached hydrogens (tertiary/aromatic N) is 1. The van der Waals surface area contributed by atoms with Crippen LogP contribution in [0.2, 0.25) is 0 Å². The molecule has 1 N–H and O–H groups in total. The van der Waals surface area contributed by atoms with Gasteiger partial charge in [-0.05, 0) is 0 Å². The van der Waals surface area contributed by atoms with Gasteiger partial charge < -0.3 is 0 Å². The van der Waals surface area contributed by atoms with Crippen LogP contribution in [0, 0.1) is 12.3 Å². The third-order valence-corrected chi connectivity index (χ3v) is 2.94. The standard InChI is InChI=1S/C12H6AsNO2/c1-2-7-6-8-4-3-5-9(13)10(8)14-11(7)12(15)16/h1,3-6H,(H,15,16). The number of terminal acetylenes is 1. The number of carboxylic acids is 1. The van der Waals surface area contributed by atoms with E-state index in [2.05, 4.69) is 27.8 Å². The van der Waals surface area contributed by atoms with Gasteiger partial charge in [0.15, 0.2) is 0 Å². The summed E-state index contributed by atoms with van der Waals surface area (Å²) in [4.78, 5) is 15.1. The predicted octanol–water partition coefficient (Wildman–Crippen LogP) is 0.708. The average molecular weight is 271 g/mol. The van der Waals surface area contributed by atoms with Gasteiger partial charge in [0.05, 0.1) is 0 Å². The molecule has 76 valence electrons. The van der Waals surface area contributed by atoms with Gasteiger partial charge in [-0.2, -0.15) is 0 Å².